The van der Waals surface area contributed by atoms with Crippen molar-refractivity contribution in [2.75, 3.05) is 6.61 Å². The summed E-state index contributed by atoms with van der Waals surface area (Å²) >= 11 is 0. The molecule has 22 heavy (non-hydrogen) atoms. The molecule has 0 fully saturated rings. The number of ether oxygens (including phenoxy) is 1. The Bertz CT molecular complexity index is 793. The van der Waals surface area contributed by atoms with Crippen LogP contribution in [0.1, 0.15) is 17.4 Å². The molecule has 1 aromatic heterocycles. The van der Waals surface area contributed by atoms with Crippen LogP contribution < -0.4 is 0 Å². The fourth-order valence-electron chi connectivity index (χ4n) is 1.88. The molecule has 0 bridgehead atoms. The van der Waals surface area contributed by atoms with Gasteiger partial charge in [-0.05, 0) is 19.1 Å². The molecule has 0 amide bonds. The van der Waals surface area contributed by atoms with Gasteiger partial charge in [-0.1, -0.05) is 24.3 Å². The zero-order valence-electron chi connectivity index (χ0n) is 11.9. The van der Waals surface area contributed by atoms with Crippen molar-refractivity contribution in [3.8, 4) is 6.07 Å². The molecule has 0 radical (unpaired) electrons. The molecule has 0 saturated heterocycles. The number of para-hydroxylation sites is 1. The van der Waals surface area contributed by atoms with Crippen LogP contribution in [-0.4, -0.2) is 29.1 Å². The van der Waals surface area contributed by atoms with Crippen LogP contribution in [0.4, 0.5) is 0 Å². The van der Waals surface area contributed by atoms with E-state index >= 15 is 0 Å². The summed E-state index contributed by atoms with van der Waals surface area (Å²) in [5.74, 6) is -2.54. The summed E-state index contributed by atoms with van der Waals surface area (Å²) in [4.78, 5) is 27.8. The van der Waals surface area contributed by atoms with E-state index in [0.717, 1.165) is 5.39 Å². The Hall–Kier alpha value is -3.07. The van der Waals surface area contributed by atoms with Crippen LogP contribution in [0.5, 0.6) is 0 Å². The lowest BCUT2D eigenvalue weighted by molar-refractivity contribution is -0.122. The molecule has 6 nitrogen and oxygen atoms in total. The standard InChI is InChI=1S/C16H13N3O3/c1-10(18)12(8-17)15(20)9-22-16(21)14-7-6-11-4-2-3-5-13(11)19-14/h2-7,12,18H,9H2,1H3. The molecule has 1 unspecified atom stereocenters. The van der Waals surface area contributed by atoms with Crippen molar-refractivity contribution < 1.29 is 14.3 Å². The van der Waals surface area contributed by atoms with Gasteiger partial charge >= 0.3 is 5.97 Å². The highest BCUT2D eigenvalue weighted by Crippen LogP contribution is 2.12. The number of esters is 1. The number of benzene rings is 1. The van der Waals surface area contributed by atoms with Crippen molar-refractivity contribution in [2.24, 2.45) is 5.92 Å². The minimum absolute atomic E-state index is 0.0765. The van der Waals surface area contributed by atoms with Crippen LogP contribution >= 0.6 is 0 Å². The number of hydrogen-bond acceptors (Lipinski definition) is 6. The van der Waals surface area contributed by atoms with Gasteiger partial charge in [-0.25, -0.2) is 9.78 Å². The van der Waals surface area contributed by atoms with Gasteiger partial charge in [-0.2, -0.15) is 5.26 Å². The van der Waals surface area contributed by atoms with E-state index in [2.05, 4.69) is 4.98 Å². The monoisotopic (exact) mass is 295 g/mol. The molecular formula is C16H13N3O3. The van der Waals surface area contributed by atoms with Gasteiger partial charge in [-0.3, -0.25) is 4.79 Å². The number of fused-ring (bicyclic) bond motifs is 1. The van der Waals surface area contributed by atoms with Gasteiger partial charge < -0.3 is 10.1 Å². The van der Waals surface area contributed by atoms with E-state index in [0.29, 0.717) is 5.52 Å². The highest BCUT2D eigenvalue weighted by Gasteiger charge is 2.22. The summed E-state index contributed by atoms with van der Waals surface area (Å²) in [5, 5.41) is 17.0. The molecule has 0 aliphatic rings. The maximum Gasteiger partial charge on any atom is 0.357 e. The van der Waals surface area contributed by atoms with Gasteiger partial charge in [0.15, 0.2) is 12.4 Å². The number of ketones is 1. The van der Waals surface area contributed by atoms with Gasteiger partial charge in [0, 0.05) is 11.1 Å². The van der Waals surface area contributed by atoms with Gasteiger partial charge in [0.05, 0.1) is 11.6 Å². The molecule has 1 atom stereocenters. The predicted octanol–water partition coefficient (Wildman–Crippen LogP) is 2.14. The first-order chi connectivity index (χ1) is 10.5. The first-order valence-electron chi connectivity index (χ1n) is 6.53. The van der Waals surface area contributed by atoms with E-state index in [1.807, 2.05) is 12.1 Å². The van der Waals surface area contributed by atoms with E-state index in [-0.39, 0.29) is 11.4 Å². The Morgan fingerprint density at radius 2 is 2.05 bits per heavy atom. The van der Waals surface area contributed by atoms with Crippen LogP contribution in [0.3, 0.4) is 0 Å². The lowest BCUT2D eigenvalue weighted by Gasteiger charge is -2.07. The lowest BCUT2D eigenvalue weighted by atomic mass is 10.0. The minimum atomic E-state index is -1.18. The third-order valence-corrected chi connectivity index (χ3v) is 3.04. The van der Waals surface area contributed by atoms with E-state index in [1.165, 1.54) is 13.0 Å². The summed E-state index contributed by atoms with van der Waals surface area (Å²) in [6.07, 6.45) is 0. The Labute approximate surface area is 126 Å². The number of nitriles is 1. The van der Waals surface area contributed by atoms with Crippen molar-refractivity contribution in [1.29, 1.82) is 10.7 Å². The molecule has 0 saturated carbocycles. The zero-order chi connectivity index (χ0) is 16.1. The highest BCUT2D eigenvalue weighted by molar-refractivity contribution is 6.06. The van der Waals surface area contributed by atoms with Crippen LogP contribution in [0, 0.1) is 22.7 Å². The van der Waals surface area contributed by atoms with Crippen molar-refractivity contribution in [2.45, 2.75) is 6.92 Å². The maximum atomic E-state index is 11.9. The average molecular weight is 295 g/mol. The normalized spacial score (nSPS) is 11.5. The number of aromatic nitrogens is 1. The zero-order valence-corrected chi connectivity index (χ0v) is 11.9. The van der Waals surface area contributed by atoms with Gasteiger partial charge in [-0.15, -0.1) is 0 Å². The van der Waals surface area contributed by atoms with Crippen molar-refractivity contribution in [3.63, 3.8) is 0 Å². The number of pyridine rings is 1. The fourth-order valence-corrected chi connectivity index (χ4v) is 1.88. The maximum absolute atomic E-state index is 11.9. The predicted molar refractivity (Wildman–Crippen MR) is 79.5 cm³/mol. The van der Waals surface area contributed by atoms with E-state index in [1.54, 1.807) is 24.3 Å². The topological polar surface area (TPSA) is 104 Å². The molecule has 1 aromatic carbocycles. The summed E-state index contributed by atoms with van der Waals surface area (Å²) in [7, 11) is 0. The Morgan fingerprint density at radius 1 is 1.32 bits per heavy atom. The second-order valence-electron chi connectivity index (χ2n) is 4.68. The van der Waals surface area contributed by atoms with Crippen molar-refractivity contribution >= 4 is 28.4 Å². The Morgan fingerprint density at radius 3 is 2.73 bits per heavy atom. The molecule has 6 heteroatoms. The minimum Gasteiger partial charge on any atom is -0.453 e. The number of nitrogens with one attached hydrogen (secondary N) is 1. The van der Waals surface area contributed by atoms with E-state index < -0.39 is 24.3 Å². The lowest BCUT2D eigenvalue weighted by Crippen LogP contribution is -2.25. The van der Waals surface area contributed by atoms with E-state index in [4.69, 9.17) is 15.4 Å². The summed E-state index contributed by atoms with van der Waals surface area (Å²) < 4.78 is 4.87. The number of carbonyl (C=O) groups is 2. The second-order valence-corrected chi connectivity index (χ2v) is 4.68. The Balaban J connectivity index is 2.07. The SMILES string of the molecule is CC(=N)C(C#N)C(=O)COC(=O)c1ccc2ccccc2n1. The summed E-state index contributed by atoms with van der Waals surface area (Å²) in [6.45, 7) is 0.806. The van der Waals surface area contributed by atoms with Crippen LogP contribution in [-0.2, 0) is 9.53 Å². The molecule has 110 valence electrons. The molecule has 1 N–H and O–H groups in total. The fraction of sp³-hybridized carbons (Fsp3) is 0.188. The van der Waals surface area contributed by atoms with E-state index in [9.17, 15) is 9.59 Å². The van der Waals surface area contributed by atoms with Crippen LogP contribution in [0.15, 0.2) is 36.4 Å². The molecule has 2 aromatic rings. The number of rotatable bonds is 5. The number of Topliss-reactive ketones (excluding diaryl/α,β-unsaturated/α-hetero) is 1. The van der Waals surface area contributed by atoms with Crippen molar-refractivity contribution in [3.05, 3.63) is 42.1 Å². The molecule has 2 rings (SSSR count). The summed E-state index contributed by atoms with van der Waals surface area (Å²) in [5.41, 5.74) is 0.660. The van der Waals surface area contributed by atoms with Gasteiger partial charge in [0.25, 0.3) is 0 Å². The number of nitrogens with zero attached hydrogens (tertiary/aromatic N) is 2. The average Bonchev–Trinajstić information content (AvgIpc) is 2.52. The Kier molecular flexibility index (Phi) is 4.59. The second kappa shape index (κ2) is 6.59. The van der Waals surface area contributed by atoms with Crippen LogP contribution in [0.25, 0.3) is 10.9 Å². The number of carbonyl (C=O) groups excluding carboxylic acids is 2. The third kappa shape index (κ3) is 3.33. The highest BCUT2D eigenvalue weighted by atomic mass is 16.5. The van der Waals surface area contributed by atoms with Crippen LogP contribution in [0.2, 0.25) is 0 Å². The first kappa shape index (κ1) is 15.3. The molecule has 1 heterocycles. The van der Waals surface area contributed by atoms with Gasteiger partial charge in [0.1, 0.15) is 11.6 Å². The molecular weight excluding hydrogens is 282 g/mol. The largest absolute Gasteiger partial charge is 0.453 e. The van der Waals surface area contributed by atoms with Gasteiger partial charge in [0.2, 0.25) is 0 Å². The molecule has 0 aliphatic heterocycles. The molecule has 0 spiro atoms. The first-order valence-corrected chi connectivity index (χ1v) is 6.53. The van der Waals surface area contributed by atoms with Crippen molar-refractivity contribution in [1.82, 2.24) is 4.98 Å². The summed E-state index contributed by atoms with van der Waals surface area (Å²) in [6, 6.07) is 12.3. The number of hydrogen-bond donors (Lipinski definition) is 1. The third-order valence-electron chi connectivity index (χ3n) is 3.04. The quantitative estimate of drug-likeness (QED) is 0.672. The molecule has 0 aliphatic carbocycles. The smallest absolute Gasteiger partial charge is 0.357 e.